The zero-order valence-electron chi connectivity index (χ0n) is 17.5. The van der Waals surface area contributed by atoms with Gasteiger partial charge < -0.3 is 19.7 Å². The number of nitrogens with zero attached hydrogens (tertiary/aromatic N) is 4. The van der Waals surface area contributed by atoms with Crippen LogP contribution in [0.3, 0.4) is 0 Å². The van der Waals surface area contributed by atoms with Crippen LogP contribution in [0.4, 0.5) is 10.6 Å². The summed E-state index contributed by atoms with van der Waals surface area (Å²) >= 11 is 0. The van der Waals surface area contributed by atoms with E-state index in [4.69, 9.17) is 14.5 Å². The van der Waals surface area contributed by atoms with Gasteiger partial charge in [0.2, 0.25) is 0 Å². The van der Waals surface area contributed by atoms with Crippen molar-refractivity contribution in [2.75, 3.05) is 25.5 Å². The molecule has 1 saturated heterocycles. The summed E-state index contributed by atoms with van der Waals surface area (Å²) < 4.78 is 12.6. The molecule has 30 heavy (non-hydrogen) atoms. The molecule has 0 unspecified atom stereocenters. The average Bonchev–Trinajstić information content (AvgIpc) is 3.38. The Morgan fingerprint density at radius 2 is 2.10 bits per heavy atom. The highest BCUT2D eigenvalue weighted by atomic mass is 16.6. The number of carbonyl (C=O) groups is 1. The maximum atomic E-state index is 12.3. The van der Waals surface area contributed by atoms with Gasteiger partial charge >= 0.3 is 6.09 Å². The Bertz CT molecular complexity index is 1030. The van der Waals surface area contributed by atoms with Gasteiger partial charge in [0.25, 0.3) is 0 Å². The third-order valence-corrected chi connectivity index (χ3v) is 5.23. The number of methoxy groups -OCH3 is 1. The van der Waals surface area contributed by atoms with Crippen LogP contribution in [0.25, 0.3) is 16.8 Å². The first-order chi connectivity index (χ1) is 14.6. The van der Waals surface area contributed by atoms with Crippen LogP contribution in [0.15, 0.2) is 42.7 Å². The predicted octanol–water partition coefficient (Wildman–Crippen LogP) is 3.83. The topological polar surface area (TPSA) is 81.0 Å². The van der Waals surface area contributed by atoms with E-state index in [1.54, 1.807) is 17.8 Å². The molecule has 1 N–H and O–H groups in total. The third-order valence-electron chi connectivity index (χ3n) is 5.23. The van der Waals surface area contributed by atoms with E-state index in [0.717, 1.165) is 47.7 Å². The van der Waals surface area contributed by atoms with Crippen molar-refractivity contribution in [3.63, 3.8) is 0 Å². The Balaban J connectivity index is 1.52. The minimum Gasteiger partial charge on any atom is -0.496 e. The zero-order chi connectivity index (χ0) is 21.1. The summed E-state index contributed by atoms with van der Waals surface area (Å²) in [5, 5.41) is 7.79. The molecule has 0 saturated carbocycles. The molecule has 8 heteroatoms. The second-order valence-corrected chi connectivity index (χ2v) is 7.64. The van der Waals surface area contributed by atoms with Crippen molar-refractivity contribution >= 4 is 17.6 Å². The zero-order valence-corrected chi connectivity index (χ0v) is 17.5. The van der Waals surface area contributed by atoms with Gasteiger partial charge in [-0.2, -0.15) is 5.10 Å². The third kappa shape index (κ3) is 4.03. The number of para-hydroxylation sites is 1. The molecule has 8 nitrogen and oxygen atoms in total. The molecular formula is C22H27N5O3. The number of anilines is 1. The van der Waals surface area contributed by atoms with Crippen LogP contribution in [-0.2, 0) is 4.74 Å². The molecule has 1 fully saturated rings. The molecule has 0 bridgehead atoms. The van der Waals surface area contributed by atoms with E-state index in [9.17, 15) is 4.79 Å². The highest BCUT2D eigenvalue weighted by molar-refractivity contribution is 5.81. The number of ether oxygens (including phenoxy) is 2. The van der Waals surface area contributed by atoms with Gasteiger partial charge in [-0.25, -0.2) is 14.3 Å². The molecule has 1 aromatic carbocycles. The van der Waals surface area contributed by atoms with Gasteiger partial charge in [0.15, 0.2) is 5.65 Å². The summed E-state index contributed by atoms with van der Waals surface area (Å²) in [5.74, 6) is 1.51. The number of benzene rings is 1. The van der Waals surface area contributed by atoms with Crippen molar-refractivity contribution in [2.24, 2.45) is 0 Å². The molecule has 1 aliphatic rings. The van der Waals surface area contributed by atoms with Crippen molar-refractivity contribution in [1.29, 1.82) is 0 Å². The largest absolute Gasteiger partial charge is 0.496 e. The minimum absolute atomic E-state index is 0.0906. The number of aromatic nitrogens is 3. The van der Waals surface area contributed by atoms with Crippen molar-refractivity contribution in [3.05, 3.63) is 42.7 Å². The Morgan fingerprint density at radius 3 is 2.90 bits per heavy atom. The van der Waals surface area contributed by atoms with E-state index < -0.39 is 0 Å². The van der Waals surface area contributed by atoms with Gasteiger partial charge in [-0.3, -0.25) is 0 Å². The summed E-state index contributed by atoms with van der Waals surface area (Å²) in [6.45, 7) is 5.08. The number of amides is 1. The molecule has 3 aromatic rings. The van der Waals surface area contributed by atoms with Gasteiger partial charge in [0, 0.05) is 24.8 Å². The Labute approximate surface area is 175 Å². The average molecular weight is 409 g/mol. The number of nitrogens with one attached hydrogen (secondary N) is 1. The van der Waals surface area contributed by atoms with Crippen LogP contribution in [-0.4, -0.2) is 57.9 Å². The van der Waals surface area contributed by atoms with Crippen LogP contribution in [0.1, 0.15) is 26.7 Å². The monoisotopic (exact) mass is 409 g/mol. The summed E-state index contributed by atoms with van der Waals surface area (Å²) in [7, 11) is 1.66. The van der Waals surface area contributed by atoms with Gasteiger partial charge in [-0.1, -0.05) is 18.2 Å². The lowest BCUT2D eigenvalue weighted by Crippen LogP contribution is -2.40. The molecule has 0 aliphatic carbocycles. The molecule has 0 spiro atoms. The maximum absolute atomic E-state index is 12.3. The van der Waals surface area contributed by atoms with E-state index in [1.165, 1.54) is 0 Å². The maximum Gasteiger partial charge on any atom is 0.410 e. The van der Waals surface area contributed by atoms with Gasteiger partial charge in [-0.05, 0) is 38.8 Å². The first kappa shape index (κ1) is 20.0. The SMILES string of the molecule is COc1ccccc1-c1cnn2ccc(NC[C@@H]3CCCN3C(=O)OC(C)C)nc12. The quantitative estimate of drug-likeness (QED) is 0.666. The van der Waals surface area contributed by atoms with Crippen LogP contribution < -0.4 is 10.1 Å². The Hall–Kier alpha value is -3.29. The van der Waals surface area contributed by atoms with E-state index in [2.05, 4.69) is 10.4 Å². The van der Waals surface area contributed by atoms with Gasteiger partial charge in [0.1, 0.15) is 11.6 Å². The van der Waals surface area contributed by atoms with E-state index in [1.807, 2.05) is 55.3 Å². The fourth-order valence-corrected chi connectivity index (χ4v) is 3.80. The second kappa shape index (κ2) is 8.61. The molecule has 2 aromatic heterocycles. The first-order valence-corrected chi connectivity index (χ1v) is 10.3. The summed E-state index contributed by atoms with van der Waals surface area (Å²) in [6.07, 6.45) is 5.24. The van der Waals surface area contributed by atoms with E-state index >= 15 is 0 Å². The number of fused-ring (bicyclic) bond motifs is 1. The lowest BCUT2D eigenvalue weighted by molar-refractivity contribution is 0.0746. The van der Waals surface area contributed by atoms with Crippen molar-refractivity contribution in [1.82, 2.24) is 19.5 Å². The normalized spacial score (nSPS) is 16.3. The lowest BCUT2D eigenvalue weighted by Gasteiger charge is -2.25. The molecule has 3 heterocycles. The summed E-state index contributed by atoms with van der Waals surface area (Å²) in [5.41, 5.74) is 2.59. The van der Waals surface area contributed by atoms with Crippen LogP contribution in [0, 0.1) is 0 Å². The number of hydrogen-bond donors (Lipinski definition) is 1. The number of carbonyl (C=O) groups excluding carboxylic acids is 1. The fraction of sp³-hybridized carbons (Fsp3) is 0.409. The fourth-order valence-electron chi connectivity index (χ4n) is 3.80. The minimum atomic E-state index is -0.244. The van der Waals surface area contributed by atoms with Gasteiger partial charge in [-0.15, -0.1) is 0 Å². The summed E-state index contributed by atoms with van der Waals surface area (Å²) in [6, 6.07) is 9.80. The standard InChI is InChI=1S/C22H27N5O3/c1-15(2)30-22(28)26-11-6-7-16(26)13-23-20-10-12-27-21(25-20)18(14-24-27)17-8-4-5-9-19(17)29-3/h4-5,8-10,12,14-16H,6-7,11,13H2,1-3H3,(H,23,25)/t16-/m0/s1. The smallest absolute Gasteiger partial charge is 0.410 e. The van der Waals surface area contributed by atoms with Crippen molar-refractivity contribution < 1.29 is 14.3 Å². The highest BCUT2D eigenvalue weighted by Gasteiger charge is 2.30. The molecule has 158 valence electrons. The molecule has 0 radical (unpaired) electrons. The Kier molecular flexibility index (Phi) is 5.74. The first-order valence-electron chi connectivity index (χ1n) is 10.3. The van der Waals surface area contributed by atoms with Crippen LogP contribution >= 0.6 is 0 Å². The predicted molar refractivity (Wildman–Crippen MR) is 115 cm³/mol. The van der Waals surface area contributed by atoms with Crippen LogP contribution in [0.2, 0.25) is 0 Å². The molecule has 1 atom stereocenters. The second-order valence-electron chi connectivity index (χ2n) is 7.64. The number of likely N-dealkylation sites (tertiary alicyclic amines) is 1. The molecule has 1 amide bonds. The highest BCUT2D eigenvalue weighted by Crippen LogP contribution is 2.32. The summed E-state index contributed by atoms with van der Waals surface area (Å²) in [4.78, 5) is 18.9. The molecule has 4 rings (SSSR count). The van der Waals surface area contributed by atoms with E-state index in [-0.39, 0.29) is 18.2 Å². The molecule has 1 aliphatic heterocycles. The number of rotatable bonds is 6. The Morgan fingerprint density at radius 1 is 1.27 bits per heavy atom. The van der Waals surface area contributed by atoms with Crippen molar-refractivity contribution in [2.45, 2.75) is 38.8 Å². The lowest BCUT2D eigenvalue weighted by atomic mass is 10.1. The van der Waals surface area contributed by atoms with Crippen LogP contribution in [0.5, 0.6) is 5.75 Å². The van der Waals surface area contributed by atoms with Gasteiger partial charge in [0.05, 0.1) is 31.0 Å². The molecular weight excluding hydrogens is 382 g/mol. The number of hydrogen-bond acceptors (Lipinski definition) is 6. The van der Waals surface area contributed by atoms with E-state index in [0.29, 0.717) is 6.54 Å². The van der Waals surface area contributed by atoms with Crippen molar-refractivity contribution in [3.8, 4) is 16.9 Å².